The van der Waals surface area contributed by atoms with Gasteiger partial charge in [0.15, 0.2) is 6.10 Å². The van der Waals surface area contributed by atoms with Crippen LogP contribution in [0.2, 0.25) is 0 Å². The first-order chi connectivity index (χ1) is 62.2. The molecule has 0 saturated carbocycles. The minimum Gasteiger partial charge on any atom is -0.463 e. The molecule has 0 fully saturated rings. The lowest BCUT2D eigenvalue weighted by atomic mass is 10.0. The molecule has 0 saturated heterocycles. The van der Waals surface area contributed by atoms with E-state index in [2.05, 4.69) is 191 Å². The van der Waals surface area contributed by atoms with Gasteiger partial charge in [-0.3, -0.25) is 32.5 Å². The number of hydrogen-bond donors (Lipinski definition) is 4. The first-order valence-electron chi connectivity index (χ1n) is 51.4. The molecule has 0 aromatic carbocycles. The number of esters is 3. The molecule has 127 heavy (non-hydrogen) atoms. The molecule has 0 radical (unpaired) electrons. The maximum Gasteiger partial charge on any atom is 0.472 e. The number of aliphatic hydroxyl groups excluding tert-OH is 2. The summed E-state index contributed by atoms with van der Waals surface area (Å²) in [7, 11) is -9.82. The minimum atomic E-state index is -4.95. The van der Waals surface area contributed by atoms with E-state index in [0.717, 1.165) is 167 Å². The molecule has 0 spiro atoms. The molecule has 0 aliphatic rings. The van der Waals surface area contributed by atoms with Gasteiger partial charge in [0, 0.05) is 19.3 Å². The second-order valence-electron chi connectivity index (χ2n) is 34.2. The van der Waals surface area contributed by atoms with Crippen molar-refractivity contribution in [3.63, 3.8) is 0 Å². The van der Waals surface area contributed by atoms with E-state index in [1.807, 2.05) is 0 Å². The third-order valence-electron chi connectivity index (χ3n) is 21.9. The average molecular weight is 1820 g/mol. The maximum atomic E-state index is 13.1. The fourth-order valence-corrected chi connectivity index (χ4v) is 15.8. The monoisotopic (exact) mass is 1820 g/mol. The molecule has 0 heterocycles. The molecule has 0 aliphatic carbocycles. The Morgan fingerprint density at radius 1 is 0.228 bits per heavy atom. The fourth-order valence-electron chi connectivity index (χ4n) is 14.2. The van der Waals surface area contributed by atoms with Crippen LogP contribution in [0.4, 0.5) is 0 Å². The highest BCUT2D eigenvalue weighted by Gasteiger charge is 2.30. The Bertz CT molecular complexity index is 2990. The molecule has 0 aliphatic heterocycles. The van der Waals surface area contributed by atoms with Crippen molar-refractivity contribution in [2.75, 3.05) is 39.6 Å². The molecule has 0 rings (SSSR count). The average Bonchev–Trinajstić information content (AvgIpc) is 0.898. The number of hydrogen-bond acceptors (Lipinski definition) is 14. The van der Waals surface area contributed by atoms with Gasteiger partial charge >= 0.3 is 33.6 Å². The van der Waals surface area contributed by atoms with Crippen molar-refractivity contribution >= 4 is 33.6 Å². The van der Waals surface area contributed by atoms with Crippen molar-refractivity contribution in [1.82, 2.24) is 0 Å². The highest BCUT2D eigenvalue weighted by Crippen LogP contribution is 2.45. The zero-order chi connectivity index (χ0) is 92.1. The zero-order valence-corrected chi connectivity index (χ0v) is 82.7. The van der Waals surface area contributed by atoms with Crippen molar-refractivity contribution in [3.05, 3.63) is 170 Å². The number of phosphoric acid groups is 2. The topological polar surface area (TPSA) is 231 Å². The molecule has 0 amide bonds. The minimum absolute atomic E-state index is 0.0974. The molecule has 0 bridgehead atoms. The van der Waals surface area contributed by atoms with Gasteiger partial charge in [0.2, 0.25) is 0 Å². The number of ether oxygens (including phenoxy) is 3. The number of allylic oxidation sites excluding steroid dienone is 28. The van der Waals surface area contributed by atoms with E-state index in [4.69, 9.17) is 32.3 Å². The number of aliphatic hydroxyl groups is 2. The highest BCUT2D eigenvalue weighted by atomic mass is 31.2. The number of unbranched alkanes of at least 4 members (excludes halogenated alkanes) is 46. The summed E-state index contributed by atoms with van der Waals surface area (Å²) in [5.74, 6) is -1.56. The van der Waals surface area contributed by atoms with Crippen molar-refractivity contribution in [1.29, 1.82) is 0 Å². The van der Waals surface area contributed by atoms with Crippen LogP contribution >= 0.6 is 15.6 Å². The van der Waals surface area contributed by atoms with Crippen molar-refractivity contribution in [2.45, 2.75) is 463 Å². The smallest absolute Gasteiger partial charge is 0.463 e. The summed E-state index contributed by atoms with van der Waals surface area (Å²) >= 11 is 0. The molecular weight excluding hydrogens is 1630 g/mol. The fraction of sp³-hybridized carbons (Fsp3) is 0.716. The molecule has 18 heteroatoms. The lowest BCUT2D eigenvalue weighted by molar-refractivity contribution is -0.161. The lowest BCUT2D eigenvalue weighted by Crippen LogP contribution is -2.30. The highest BCUT2D eigenvalue weighted by molar-refractivity contribution is 7.47. The van der Waals surface area contributed by atoms with Crippen LogP contribution in [-0.4, -0.2) is 95.9 Å². The van der Waals surface area contributed by atoms with E-state index in [1.54, 1.807) is 0 Å². The molecule has 0 aromatic heterocycles. The number of phosphoric ester groups is 2. The molecule has 16 nitrogen and oxygen atoms in total. The molecule has 0 aromatic rings. The summed E-state index contributed by atoms with van der Waals surface area (Å²) in [5, 5.41) is 20.8. The number of carbonyl (C=O) groups excluding carboxylic acids is 3. The Morgan fingerprint density at radius 3 is 0.661 bits per heavy atom. The Labute approximate surface area is 777 Å². The van der Waals surface area contributed by atoms with E-state index in [9.17, 15) is 43.5 Å². The third-order valence-corrected chi connectivity index (χ3v) is 23.8. The summed E-state index contributed by atoms with van der Waals surface area (Å²) in [6.45, 7) is 2.50. The van der Waals surface area contributed by atoms with Gasteiger partial charge in [-0.15, -0.1) is 0 Å². The van der Waals surface area contributed by atoms with Gasteiger partial charge in [-0.25, -0.2) is 9.13 Å². The van der Waals surface area contributed by atoms with Crippen LogP contribution < -0.4 is 0 Å². The van der Waals surface area contributed by atoms with Crippen LogP contribution in [0.15, 0.2) is 170 Å². The summed E-state index contributed by atoms with van der Waals surface area (Å²) in [4.78, 5) is 59.2. The first-order valence-corrected chi connectivity index (χ1v) is 54.4. The van der Waals surface area contributed by atoms with E-state index < -0.39 is 91.5 Å². The Balaban J connectivity index is 4.57. The summed E-state index contributed by atoms with van der Waals surface area (Å²) in [5.41, 5.74) is 0. The molecule has 730 valence electrons. The van der Waals surface area contributed by atoms with E-state index in [1.165, 1.54) is 218 Å². The second-order valence-corrected chi connectivity index (χ2v) is 37.1. The molecule has 5 unspecified atom stereocenters. The third kappa shape index (κ3) is 101. The molecular formula is C109H188O16P2. The predicted octanol–water partition coefficient (Wildman–Crippen LogP) is 32.6. The number of rotatable bonds is 97. The standard InChI is InChI=1S/C109H188O16P2/c1-4-7-10-13-16-19-22-25-28-31-34-37-40-43-46-48-49-50-51-52-53-55-58-59-62-65-68-71-74-77-80-83-86-89-92-95-107(112)119-98-104(110)99-121-126(115,116)122-100-105(111)101-123-127(117,118)124-103-106(125-109(114)97-94-91-88-85-82-79-76-73-70-67-64-61-56-45-42-39-36-33-30-27-24-21-18-15-12-9-6-3)102-120-108(113)96-93-90-87-84-81-78-75-72-69-66-63-60-57-54-47-44-41-38-35-32-29-26-23-20-17-14-11-8-5-2/h7,9-10,12,16-21,25-30,34-39,43-47,56,104-106,110-111H,4-6,8,11,13-15,22-24,31-33,40-42,48-55,57-103H2,1-3H3,(H,115,116)(H,117,118)/b10-7-,12-9-,19-16-,20-17-,21-18-,28-25-,29-26-,30-27-,37-34-,38-35-,39-36-,46-43-,47-44-,56-45-. The lowest BCUT2D eigenvalue weighted by Gasteiger charge is -2.21. The normalized spacial score (nSPS) is 14.4. The summed E-state index contributed by atoms with van der Waals surface area (Å²) < 4.78 is 61.7. The van der Waals surface area contributed by atoms with Gasteiger partial charge in [-0.1, -0.05) is 441 Å². The van der Waals surface area contributed by atoms with Crippen molar-refractivity contribution in [3.8, 4) is 0 Å². The van der Waals surface area contributed by atoms with Gasteiger partial charge in [0.05, 0.1) is 26.4 Å². The zero-order valence-electron chi connectivity index (χ0n) is 80.9. The van der Waals surface area contributed by atoms with Crippen molar-refractivity contribution < 1.29 is 75.8 Å². The van der Waals surface area contributed by atoms with Crippen LogP contribution in [-0.2, 0) is 55.8 Å². The Kier molecular flexibility index (Phi) is 95.9. The quantitative estimate of drug-likeness (QED) is 0.0146. The largest absolute Gasteiger partial charge is 0.472 e. The first kappa shape index (κ1) is 122. The Morgan fingerprint density at radius 2 is 0.417 bits per heavy atom. The van der Waals surface area contributed by atoms with Gasteiger partial charge in [0.25, 0.3) is 0 Å². The molecule has 4 N–H and O–H groups in total. The number of carbonyl (C=O) groups is 3. The Hall–Kier alpha value is -5.09. The summed E-state index contributed by atoms with van der Waals surface area (Å²) in [6, 6.07) is 0. The van der Waals surface area contributed by atoms with E-state index >= 15 is 0 Å². The van der Waals surface area contributed by atoms with Gasteiger partial charge in [0.1, 0.15) is 25.4 Å². The van der Waals surface area contributed by atoms with Crippen LogP contribution in [0, 0.1) is 0 Å². The van der Waals surface area contributed by atoms with Gasteiger partial charge in [-0.05, 0) is 154 Å². The van der Waals surface area contributed by atoms with Gasteiger partial charge in [-0.2, -0.15) is 0 Å². The van der Waals surface area contributed by atoms with Crippen LogP contribution in [0.5, 0.6) is 0 Å². The molecule has 5 atom stereocenters. The summed E-state index contributed by atoms with van der Waals surface area (Å²) in [6.07, 6.45) is 131. The maximum absolute atomic E-state index is 13.1. The van der Waals surface area contributed by atoms with E-state index in [0.29, 0.717) is 19.3 Å². The predicted molar refractivity (Wildman–Crippen MR) is 537 cm³/mol. The SMILES string of the molecule is CC/C=C\C/C=C\C/C=C\C/C=C\C/C=C\CCCCCCCCCCCCCCCCCCCCCC(=O)OCC(O)COP(=O)(O)OCC(O)COP(=O)(O)OCC(COC(=O)CCCCCCCCCCCCCCC/C=C\C/C=C\C/C=C\C/C=C\CCCCC)OC(=O)CCCCCCCCCCCCC/C=C\C/C=C\C/C=C\C/C=C\C/C=C\CC. The van der Waals surface area contributed by atoms with Crippen LogP contribution in [0.1, 0.15) is 445 Å². The second kappa shape index (κ2) is 99.9. The van der Waals surface area contributed by atoms with Crippen LogP contribution in [0.3, 0.4) is 0 Å². The van der Waals surface area contributed by atoms with Crippen molar-refractivity contribution in [2.24, 2.45) is 0 Å². The van der Waals surface area contributed by atoms with Crippen LogP contribution in [0.25, 0.3) is 0 Å². The van der Waals surface area contributed by atoms with E-state index in [-0.39, 0.29) is 19.3 Å². The van der Waals surface area contributed by atoms with Gasteiger partial charge < -0.3 is 34.2 Å².